The Morgan fingerprint density at radius 1 is 1.03 bits per heavy atom. The molecular weight excluding hydrogens is 444 g/mol. The number of aromatic nitrogens is 2. The number of hydrogen-bond donors (Lipinski definition) is 3. The molecule has 2 amide bonds. The molecule has 0 fully saturated rings. The summed E-state index contributed by atoms with van der Waals surface area (Å²) in [6.07, 6.45) is 0. The minimum absolute atomic E-state index is 0.0211. The summed E-state index contributed by atoms with van der Waals surface area (Å²) >= 11 is 2.88. The third-order valence-corrected chi connectivity index (χ3v) is 6.64. The topological polar surface area (TPSA) is 104 Å². The van der Waals surface area contributed by atoms with E-state index in [4.69, 9.17) is 0 Å². The monoisotopic (exact) mass is 464 g/mol. The highest BCUT2D eigenvalue weighted by atomic mass is 32.1. The number of aryl methyl sites for hydroxylation is 1. The Labute approximate surface area is 192 Å². The van der Waals surface area contributed by atoms with Crippen LogP contribution in [0.4, 0.5) is 5.13 Å². The Morgan fingerprint density at radius 2 is 1.81 bits per heavy atom. The van der Waals surface area contributed by atoms with Crippen molar-refractivity contribution in [1.29, 1.82) is 0 Å². The molecule has 0 atom stereocenters. The van der Waals surface area contributed by atoms with Gasteiger partial charge in [-0.05, 0) is 36.8 Å². The second-order valence-electron chi connectivity index (χ2n) is 7.03. The van der Waals surface area contributed by atoms with E-state index in [0.717, 1.165) is 25.9 Å². The average Bonchev–Trinajstić information content (AvgIpc) is 3.38. The highest BCUT2D eigenvalue weighted by Gasteiger charge is 2.17. The van der Waals surface area contributed by atoms with Crippen LogP contribution in [0.25, 0.3) is 21.8 Å². The van der Waals surface area contributed by atoms with Gasteiger partial charge < -0.3 is 10.3 Å². The van der Waals surface area contributed by atoms with Crippen LogP contribution in [0.1, 0.15) is 27.0 Å². The normalized spacial score (nSPS) is 10.7. The standard InChI is InChI=1S/C23H20N4O3S2/c1-13-20(19-11-8-16(32-19)12-24-14(2)28)26-23(31-13)27-22(30)17-9-10-18(25-21(17)29)15-6-4-3-5-7-15/h3-11H,12H2,1-2H3,(H,24,28)(H,25,29)(H,26,27,30). The highest BCUT2D eigenvalue weighted by Crippen LogP contribution is 2.34. The zero-order valence-corrected chi connectivity index (χ0v) is 19.0. The number of thiazole rings is 1. The van der Waals surface area contributed by atoms with Crippen molar-refractivity contribution in [3.63, 3.8) is 0 Å². The number of nitrogens with zero attached hydrogens (tertiary/aromatic N) is 1. The summed E-state index contributed by atoms with van der Waals surface area (Å²) in [4.78, 5) is 46.5. The van der Waals surface area contributed by atoms with Gasteiger partial charge in [-0.15, -0.1) is 22.7 Å². The van der Waals surface area contributed by atoms with E-state index in [1.54, 1.807) is 6.07 Å². The molecule has 3 heterocycles. The predicted octanol–water partition coefficient (Wildman–Crippen LogP) is 4.42. The number of anilines is 1. The third kappa shape index (κ3) is 4.84. The van der Waals surface area contributed by atoms with Crippen LogP contribution < -0.4 is 16.2 Å². The van der Waals surface area contributed by atoms with Crippen LogP contribution in [0, 0.1) is 6.92 Å². The summed E-state index contributed by atoms with van der Waals surface area (Å²) in [5.41, 5.74) is 1.85. The van der Waals surface area contributed by atoms with Crippen LogP contribution in [-0.4, -0.2) is 21.8 Å². The van der Waals surface area contributed by atoms with Crippen molar-refractivity contribution < 1.29 is 9.59 Å². The first-order valence-electron chi connectivity index (χ1n) is 9.82. The van der Waals surface area contributed by atoms with Crippen LogP contribution in [0.15, 0.2) is 59.4 Å². The summed E-state index contributed by atoms with van der Waals surface area (Å²) in [5.74, 6) is -0.592. The lowest BCUT2D eigenvalue weighted by Crippen LogP contribution is -2.23. The number of amides is 2. The van der Waals surface area contributed by atoms with Gasteiger partial charge in [0.25, 0.3) is 11.5 Å². The lowest BCUT2D eigenvalue weighted by molar-refractivity contribution is -0.119. The number of hydrogen-bond acceptors (Lipinski definition) is 6. The molecule has 162 valence electrons. The van der Waals surface area contributed by atoms with Crippen LogP contribution in [0.3, 0.4) is 0 Å². The van der Waals surface area contributed by atoms with Gasteiger partial charge >= 0.3 is 0 Å². The van der Waals surface area contributed by atoms with Crippen LogP contribution in [0.5, 0.6) is 0 Å². The number of carbonyl (C=O) groups is 2. The second-order valence-corrected chi connectivity index (χ2v) is 9.41. The number of H-pyrrole nitrogens is 1. The van der Waals surface area contributed by atoms with Crippen molar-refractivity contribution in [2.45, 2.75) is 20.4 Å². The minimum atomic E-state index is -0.510. The van der Waals surface area contributed by atoms with E-state index in [9.17, 15) is 14.4 Å². The molecule has 0 aliphatic rings. The van der Waals surface area contributed by atoms with E-state index < -0.39 is 11.5 Å². The van der Waals surface area contributed by atoms with Crippen molar-refractivity contribution in [2.24, 2.45) is 0 Å². The molecule has 3 N–H and O–H groups in total. The van der Waals surface area contributed by atoms with Crippen molar-refractivity contribution in [1.82, 2.24) is 15.3 Å². The summed E-state index contributed by atoms with van der Waals surface area (Å²) in [5, 5.41) is 5.93. The third-order valence-electron chi connectivity index (χ3n) is 4.66. The van der Waals surface area contributed by atoms with Gasteiger partial charge in [-0.3, -0.25) is 19.7 Å². The van der Waals surface area contributed by atoms with E-state index in [2.05, 4.69) is 20.6 Å². The first-order chi connectivity index (χ1) is 15.4. The lowest BCUT2D eigenvalue weighted by atomic mass is 10.1. The number of pyridine rings is 1. The molecule has 3 aromatic heterocycles. The van der Waals surface area contributed by atoms with Crippen molar-refractivity contribution in [2.75, 3.05) is 5.32 Å². The molecule has 1 aromatic carbocycles. The maximum absolute atomic E-state index is 12.7. The fraction of sp³-hybridized carbons (Fsp3) is 0.130. The fourth-order valence-electron chi connectivity index (χ4n) is 3.09. The number of thiophene rings is 1. The minimum Gasteiger partial charge on any atom is -0.351 e. The molecule has 4 aromatic rings. The lowest BCUT2D eigenvalue weighted by Gasteiger charge is -2.04. The molecule has 7 nitrogen and oxygen atoms in total. The molecule has 9 heteroatoms. The highest BCUT2D eigenvalue weighted by molar-refractivity contribution is 7.18. The largest absolute Gasteiger partial charge is 0.351 e. The van der Waals surface area contributed by atoms with Gasteiger partial charge in [-0.1, -0.05) is 30.3 Å². The Bertz CT molecular complexity index is 1340. The SMILES string of the molecule is CC(=O)NCc1ccc(-c2nc(NC(=O)c3ccc(-c4ccccc4)[nH]c3=O)sc2C)s1. The summed E-state index contributed by atoms with van der Waals surface area (Å²) in [6.45, 7) is 3.88. The van der Waals surface area contributed by atoms with Crippen molar-refractivity contribution in [3.8, 4) is 21.8 Å². The summed E-state index contributed by atoms with van der Waals surface area (Å²) in [6, 6.07) is 16.6. The zero-order chi connectivity index (χ0) is 22.7. The average molecular weight is 465 g/mol. The quantitative estimate of drug-likeness (QED) is 0.393. The van der Waals surface area contributed by atoms with Gasteiger partial charge in [0.05, 0.1) is 17.1 Å². The molecule has 0 spiro atoms. The molecule has 0 unspecified atom stereocenters. The first-order valence-corrected chi connectivity index (χ1v) is 11.4. The Hall–Kier alpha value is -3.56. The van der Waals surface area contributed by atoms with Gasteiger partial charge in [-0.25, -0.2) is 4.98 Å². The van der Waals surface area contributed by atoms with Crippen LogP contribution in [-0.2, 0) is 11.3 Å². The molecule has 0 radical (unpaired) electrons. The fourth-order valence-corrected chi connectivity index (χ4v) is 4.98. The van der Waals surface area contributed by atoms with E-state index in [0.29, 0.717) is 17.4 Å². The van der Waals surface area contributed by atoms with E-state index in [1.165, 1.54) is 35.7 Å². The van der Waals surface area contributed by atoms with Gasteiger partial charge in [0.15, 0.2) is 5.13 Å². The maximum Gasteiger partial charge on any atom is 0.263 e. The number of aromatic amines is 1. The van der Waals surface area contributed by atoms with E-state index in [1.807, 2.05) is 49.4 Å². The Kier molecular flexibility index (Phi) is 6.29. The molecule has 4 rings (SSSR count). The molecule has 32 heavy (non-hydrogen) atoms. The van der Waals surface area contributed by atoms with E-state index in [-0.39, 0.29) is 11.5 Å². The van der Waals surface area contributed by atoms with Gasteiger partial charge in [0.2, 0.25) is 5.91 Å². The van der Waals surface area contributed by atoms with Crippen LogP contribution >= 0.6 is 22.7 Å². The molecule has 0 saturated heterocycles. The smallest absolute Gasteiger partial charge is 0.263 e. The van der Waals surface area contributed by atoms with Crippen molar-refractivity contribution >= 4 is 39.6 Å². The number of nitrogens with one attached hydrogen (secondary N) is 3. The Balaban J connectivity index is 1.50. The molecule has 0 saturated carbocycles. The molecular formula is C23H20N4O3S2. The van der Waals surface area contributed by atoms with E-state index >= 15 is 0 Å². The molecule has 0 aliphatic heterocycles. The maximum atomic E-state index is 12.7. The zero-order valence-electron chi connectivity index (χ0n) is 17.4. The predicted molar refractivity (Wildman–Crippen MR) is 128 cm³/mol. The number of rotatable bonds is 6. The molecule has 0 aliphatic carbocycles. The first kappa shape index (κ1) is 21.7. The number of carbonyl (C=O) groups excluding carboxylic acids is 2. The van der Waals surface area contributed by atoms with Gasteiger partial charge in [0.1, 0.15) is 5.56 Å². The van der Waals surface area contributed by atoms with Gasteiger partial charge in [-0.2, -0.15) is 0 Å². The second kappa shape index (κ2) is 9.29. The Morgan fingerprint density at radius 3 is 2.53 bits per heavy atom. The summed E-state index contributed by atoms with van der Waals surface area (Å²) in [7, 11) is 0. The van der Waals surface area contributed by atoms with Crippen LogP contribution in [0.2, 0.25) is 0 Å². The number of benzene rings is 1. The molecule has 0 bridgehead atoms. The van der Waals surface area contributed by atoms with Gasteiger partial charge in [0, 0.05) is 22.4 Å². The summed E-state index contributed by atoms with van der Waals surface area (Å²) < 4.78 is 0. The van der Waals surface area contributed by atoms with Crippen molar-refractivity contribution in [3.05, 3.63) is 80.3 Å².